The molecule has 1 rings (SSSR count). The molecule has 1 saturated heterocycles. The summed E-state index contributed by atoms with van der Waals surface area (Å²) < 4.78 is 51.0. The molecule has 0 aliphatic carbocycles. The number of ether oxygens (including phenoxy) is 1. The first-order valence-electron chi connectivity index (χ1n) is 4.40. The maximum absolute atomic E-state index is 11.6. The fraction of sp³-hybridized carbons (Fsp3) is 1.00. The zero-order valence-electron chi connectivity index (χ0n) is 7.66. The largest absolute Gasteiger partial charge is 0.346 e. The number of sulfonamides is 1. The Morgan fingerprint density at radius 3 is 2.29 bits per heavy atom. The lowest BCUT2D eigenvalue weighted by atomic mass is 10.2. The first kappa shape index (κ1) is 11.8. The quantitative estimate of drug-likeness (QED) is 0.722. The summed E-state index contributed by atoms with van der Waals surface area (Å²) >= 11 is 0. The number of halogens is 2. The maximum Gasteiger partial charge on any atom is 0.346 e. The molecule has 0 radical (unpaired) electrons. The molecule has 0 aromatic rings. The molecule has 0 bridgehead atoms. The van der Waals surface area contributed by atoms with E-state index in [2.05, 4.69) is 4.74 Å². The van der Waals surface area contributed by atoms with E-state index in [9.17, 15) is 17.2 Å². The van der Waals surface area contributed by atoms with E-state index in [1.807, 2.05) is 0 Å². The van der Waals surface area contributed by atoms with Gasteiger partial charge in [0.15, 0.2) is 5.94 Å². The molecule has 1 fully saturated rings. The Labute approximate surface area is 81.9 Å². The first-order chi connectivity index (χ1) is 6.52. The molecule has 1 heterocycles. The molecule has 0 atom stereocenters. The molecule has 1 aliphatic rings. The van der Waals surface area contributed by atoms with E-state index in [-0.39, 0.29) is 0 Å². The lowest BCUT2D eigenvalue weighted by molar-refractivity contribution is -0.113. The third kappa shape index (κ3) is 3.47. The van der Waals surface area contributed by atoms with Crippen LogP contribution in [0.2, 0.25) is 0 Å². The second-order valence-electron chi connectivity index (χ2n) is 3.12. The molecule has 0 N–H and O–H groups in total. The number of alkyl halides is 2. The minimum atomic E-state index is -3.65. The minimum absolute atomic E-state index is 0.412. The topological polar surface area (TPSA) is 46.6 Å². The third-order valence-corrected chi connectivity index (χ3v) is 3.64. The maximum atomic E-state index is 11.6. The van der Waals surface area contributed by atoms with Crippen molar-refractivity contribution in [2.75, 3.05) is 19.0 Å². The van der Waals surface area contributed by atoms with Gasteiger partial charge in [0.2, 0.25) is 10.0 Å². The Bertz CT molecular complexity index is 262. The van der Waals surface area contributed by atoms with Crippen LogP contribution < -0.4 is 0 Å². The van der Waals surface area contributed by atoms with Crippen LogP contribution in [0.4, 0.5) is 8.78 Å². The van der Waals surface area contributed by atoms with Gasteiger partial charge in [0.05, 0.1) is 0 Å². The summed E-state index contributed by atoms with van der Waals surface area (Å²) in [4.78, 5) is 0. The summed E-state index contributed by atoms with van der Waals surface area (Å²) in [5.41, 5.74) is 0. The second-order valence-corrected chi connectivity index (χ2v) is 5.03. The van der Waals surface area contributed by atoms with Crippen LogP contribution in [0.25, 0.3) is 0 Å². The summed E-state index contributed by atoms with van der Waals surface area (Å²) in [6.45, 7) is -2.21. The Balaban J connectivity index is 2.46. The molecule has 0 spiro atoms. The Hall–Kier alpha value is -0.270. The van der Waals surface area contributed by atoms with Gasteiger partial charge in [-0.05, 0) is 12.8 Å². The highest BCUT2D eigenvalue weighted by Gasteiger charge is 2.25. The molecule has 0 aromatic carbocycles. The van der Waals surface area contributed by atoms with Crippen LogP contribution in [0.15, 0.2) is 0 Å². The predicted molar refractivity (Wildman–Crippen MR) is 46.3 cm³/mol. The number of nitrogens with zero attached hydrogens (tertiary/aromatic N) is 1. The van der Waals surface area contributed by atoms with Crippen molar-refractivity contribution in [3.63, 3.8) is 0 Å². The SMILES string of the molecule is O=S(=O)(COC(F)F)N1CCCCC1. The Morgan fingerprint density at radius 2 is 1.79 bits per heavy atom. The van der Waals surface area contributed by atoms with Crippen molar-refractivity contribution in [3.8, 4) is 0 Å². The highest BCUT2D eigenvalue weighted by atomic mass is 32.2. The predicted octanol–water partition coefficient (Wildman–Crippen LogP) is 0.999. The monoisotopic (exact) mass is 229 g/mol. The summed E-state index contributed by atoms with van der Waals surface area (Å²) in [6.07, 6.45) is 2.56. The third-order valence-electron chi connectivity index (χ3n) is 2.05. The highest BCUT2D eigenvalue weighted by Crippen LogP contribution is 2.14. The summed E-state index contributed by atoms with van der Waals surface area (Å²) in [5.74, 6) is -0.926. The molecule has 14 heavy (non-hydrogen) atoms. The van der Waals surface area contributed by atoms with Gasteiger partial charge in [-0.25, -0.2) is 8.42 Å². The Kier molecular flexibility index (Phi) is 4.21. The highest BCUT2D eigenvalue weighted by molar-refractivity contribution is 7.88. The molecular weight excluding hydrogens is 216 g/mol. The van der Waals surface area contributed by atoms with Gasteiger partial charge in [-0.15, -0.1) is 0 Å². The van der Waals surface area contributed by atoms with E-state index >= 15 is 0 Å². The molecular formula is C7H13F2NO3S. The van der Waals surface area contributed by atoms with Crippen LogP contribution in [0.1, 0.15) is 19.3 Å². The van der Waals surface area contributed by atoms with Gasteiger partial charge in [0.1, 0.15) is 0 Å². The molecule has 0 saturated carbocycles. The fourth-order valence-corrected chi connectivity index (χ4v) is 2.59. The fourth-order valence-electron chi connectivity index (χ4n) is 1.36. The van der Waals surface area contributed by atoms with Gasteiger partial charge >= 0.3 is 6.61 Å². The van der Waals surface area contributed by atoms with E-state index < -0.39 is 22.6 Å². The lowest BCUT2D eigenvalue weighted by Crippen LogP contribution is -2.38. The van der Waals surface area contributed by atoms with Crippen LogP contribution in [0.5, 0.6) is 0 Å². The zero-order valence-corrected chi connectivity index (χ0v) is 8.47. The molecule has 4 nitrogen and oxygen atoms in total. The average molecular weight is 229 g/mol. The van der Waals surface area contributed by atoms with E-state index in [4.69, 9.17) is 0 Å². The normalized spacial score (nSPS) is 20.2. The van der Waals surface area contributed by atoms with Crippen molar-refractivity contribution >= 4 is 10.0 Å². The number of rotatable bonds is 4. The van der Waals surface area contributed by atoms with Crippen LogP contribution in [-0.2, 0) is 14.8 Å². The molecule has 1 aliphatic heterocycles. The summed E-state index contributed by atoms with van der Waals surface area (Å²) in [7, 11) is -3.65. The molecule has 84 valence electrons. The molecule has 0 amide bonds. The molecule has 7 heteroatoms. The van der Waals surface area contributed by atoms with Crippen LogP contribution >= 0.6 is 0 Å². The van der Waals surface area contributed by atoms with E-state index in [1.165, 1.54) is 4.31 Å². The van der Waals surface area contributed by atoms with Crippen molar-refractivity contribution in [1.29, 1.82) is 0 Å². The van der Waals surface area contributed by atoms with Crippen LogP contribution in [-0.4, -0.2) is 38.4 Å². The summed E-state index contributed by atoms with van der Waals surface area (Å²) in [5, 5.41) is 0. The van der Waals surface area contributed by atoms with E-state index in [0.717, 1.165) is 19.3 Å². The van der Waals surface area contributed by atoms with Crippen molar-refractivity contribution in [3.05, 3.63) is 0 Å². The first-order valence-corrected chi connectivity index (χ1v) is 6.01. The lowest BCUT2D eigenvalue weighted by Gasteiger charge is -2.25. The second kappa shape index (κ2) is 4.99. The van der Waals surface area contributed by atoms with Crippen molar-refractivity contribution < 1.29 is 21.9 Å². The van der Waals surface area contributed by atoms with E-state index in [0.29, 0.717) is 13.1 Å². The zero-order chi connectivity index (χ0) is 10.6. The number of piperidine rings is 1. The van der Waals surface area contributed by atoms with Gasteiger partial charge in [0, 0.05) is 13.1 Å². The number of hydrogen-bond donors (Lipinski definition) is 0. The average Bonchev–Trinajstić information content (AvgIpc) is 2.16. The minimum Gasteiger partial charge on any atom is -0.305 e. The van der Waals surface area contributed by atoms with Crippen LogP contribution in [0, 0.1) is 0 Å². The van der Waals surface area contributed by atoms with Crippen LogP contribution in [0.3, 0.4) is 0 Å². The number of hydrogen-bond acceptors (Lipinski definition) is 3. The summed E-state index contributed by atoms with van der Waals surface area (Å²) in [6, 6.07) is 0. The van der Waals surface area contributed by atoms with Crippen molar-refractivity contribution in [2.45, 2.75) is 25.9 Å². The smallest absolute Gasteiger partial charge is 0.305 e. The van der Waals surface area contributed by atoms with Gasteiger partial charge in [0.25, 0.3) is 0 Å². The van der Waals surface area contributed by atoms with Gasteiger partial charge in [-0.3, -0.25) is 0 Å². The van der Waals surface area contributed by atoms with Gasteiger partial charge in [-0.2, -0.15) is 13.1 Å². The standard InChI is InChI=1S/C7H13F2NO3S/c8-7(9)13-6-14(11,12)10-4-2-1-3-5-10/h7H,1-6H2. The van der Waals surface area contributed by atoms with Gasteiger partial charge < -0.3 is 4.74 Å². The van der Waals surface area contributed by atoms with Gasteiger partial charge in [-0.1, -0.05) is 6.42 Å². The molecule has 0 unspecified atom stereocenters. The van der Waals surface area contributed by atoms with Crippen molar-refractivity contribution in [1.82, 2.24) is 4.31 Å². The van der Waals surface area contributed by atoms with Crippen molar-refractivity contribution in [2.24, 2.45) is 0 Å². The molecule has 0 aromatic heterocycles. The van der Waals surface area contributed by atoms with E-state index in [1.54, 1.807) is 0 Å². The Morgan fingerprint density at radius 1 is 1.21 bits per heavy atom.